The Labute approximate surface area is 120 Å². The molecule has 0 aliphatic heterocycles. The number of aliphatic carboxylic acids is 1. The highest BCUT2D eigenvalue weighted by Crippen LogP contribution is 2.28. The number of nitrogens with zero attached hydrogens (tertiary/aromatic N) is 2. The molecule has 1 aromatic carbocycles. The van der Waals surface area contributed by atoms with E-state index in [9.17, 15) is 4.79 Å². The fourth-order valence-electron chi connectivity index (χ4n) is 2.37. The fourth-order valence-corrected chi connectivity index (χ4v) is 3.10. The van der Waals surface area contributed by atoms with E-state index in [-0.39, 0.29) is 6.42 Å². The first-order valence-corrected chi connectivity index (χ1v) is 7.32. The lowest BCUT2D eigenvalue weighted by atomic mass is 10.1. The van der Waals surface area contributed by atoms with Crippen LogP contribution < -0.4 is 0 Å². The van der Waals surface area contributed by atoms with Gasteiger partial charge in [-0.2, -0.15) is 0 Å². The lowest BCUT2D eigenvalue weighted by Crippen LogP contribution is -2.00. The molecule has 0 atom stereocenters. The third-order valence-electron chi connectivity index (χ3n) is 3.23. The lowest BCUT2D eigenvalue weighted by Gasteiger charge is -2.04. The molecule has 0 amide bonds. The number of carboxylic acids is 1. The molecule has 0 radical (unpaired) electrons. The Morgan fingerprint density at radius 3 is 2.90 bits per heavy atom. The zero-order valence-corrected chi connectivity index (χ0v) is 11.9. The van der Waals surface area contributed by atoms with E-state index in [1.165, 1.54) is 0 Å². The summed E-state index contributed by atoms with van der Waals surface area (Å²) in [5.41, 5.74) is 2.68. The van der Waals surface area contributed by atoms with Crippen molar-refractivity contribution in [2.45, 2.75) is 19.9 Å². The summed E-state index contributed by atoms with van der Waals surface area (Å²) in [4.78, 5) is 16.6. The molecule has 0 aliphatic carbocycles. The van der Waals surface area contributed by atoms with E-state index in [0.717, 1.165) is 33.8 Å². The van der Waals surface area contributed by atoms with Crippen LogP contribution in [0.25, 0.3) is 21.7 Å². The van der Waals surface area contributed by atoms with E-state index >= 15 is 0 Å². The van der Waals surface area contributed by atoms with Crippen LogP contribution in [0.1, 0.15) is 12.5 Å². The molecule has 0 fully saturated rings. The van der Waals surface area contributed by atoms with Crippen LogP contribution in [-0.4, -0.2) is 20.6 Å². The summed E-state index contributed by atoms with van der Waals surface area (Å²) in [6.45, 7) is 2.92. The van der Waals surface area contributed by atoms with Crippen molar-refractivity contribution in [1.29, 1.82) is 0 Å². The van der Waals surface area contributed by atoms with Gasteiger partial charge >= 0.3 is 5.97 Å². The minimum atomic E-state index is -0.822. The molecule has 1 N–H and O–H groups in total. The smallest absolute Gasteiger partial charge is 0.307 e. The highest BCUT2D eigenvalue weighted by atomic mass is 32.1. The number of hydrogen-bond donors (Lipinski definition) is 1. The number of fused-ring (bicyclic) bond motifs is 1. The van der Waals surface area contributed by atoms with Crippen molar-refractivity contribution in [1.82, 2.24) is 9.55 Å². The van der Waals surface area contributed by atoms with Gasteiger partial charge in [-0.1, -0.05) is 12.1 Å². The Morgan fingerprint density at radius 2 is 2.25 bits per heavy atom. The Bertz CT molecular complexity index is 760. The van der Waals surface area contributed by atoms with E-state index in [1.807, 2.05) is 29.6 Å². The van der Waals surface area contributed by atoms with Gasteiger partial charge in [0.05, 0.1) is 22.3 Å². The summed E-state index contributed by atoms with van der Waals surface area (Å²) < 4.78 is 2.16. The predicted octanol–water partition coefficient (Wildman–Crippen LogP) is 3.41. The average Bonchev–Trinajstić information content (AvgIpc) is 3.04. The van der Waals surface area contributed by atoms with Crippen LogP contribution in [-0.2, 0) is 17.8 Å². The van der Waals surface area contributed by atoms with E-state index in [4.69, 9.17) is 5.11 Å². The summed E-state index contributed by atoms with van der Waals surface area (Å²) >= 11 is 1.66. The van der Waals surface area contributed by atoms with Crippen molar-refractivity contribution < 1.29 is 9.90 Å². The van der Waals surface area contributed by atoms with Gasteiger partial charge in [0.1, 0.15) is 0 Å². The summed E-state index contributed by atoms with van der Waals surface area (Å²) in [6.07, 6.45) is 0.0310. The molecule has 0 unspecified atom stereocenters. The van der Waals surface area contributed by atoms with Gasteiger partial charge in [0, 0.05) is 6.54 Å². The number of aryl methyl sites for hydroxylation is 1. The van der Waals surface area contributed by atoms with Gasteiger partial charge < -0.3 is 9.67 Å². The fraction of sp³-hybridized carbons (Fsp3) is 0.200. The molecule has 0 bridgehead atoms. The normalized spacial score (nSPS) is 11.1. The molecular weight excluding hydrogens is 272 g/mol. The quantitative estimate of drug-likeness (QED) is 0.799. The van der Waals surface area contributed by atoms with Crippen LogP contribution in [0.2, 0.25) is 0 Å². The maximum atomic E-state index is 10.8. The van der Waals surface area contributed by atoms with Crippen LogP contribution in [0.5, 0.6) is 0 Å². The predicted molar refractivity (Wildman–Crippen MR) is 80.1 cm³/mol. The first-order chi connectivity index (χ1) is 9.69. The molecule has 102 valence electrons. The third-order valence-corrected chi connectivity index (χ3v) is 4.09. The zero-order chi connectivity index (χ0) is 14.1. The van der Waals surface area contributed by atoms with Crippen LogP contribution in [0.4, 0.5) is 0 Å². The minimum absolute atomic E-state index is 0.0310. The van der Waals surface area contributed by atoms with Gasteiger partial charge in [-0.15, -0.1) is 11.3 Å². The molecule has 2 aromatic heterocycles. The molecule has 0 saturated heterocycles. The average molecular weight is 286 g/mol. The highest BCUT2D eigenvalue weighted by Gasteiger charge is 2.13. The molecule has 0 aliphatic rings. The Balaban J connectivity index is 2.15. The number of rotatable bonds is 4. The number of aromatic nitrogens is 2. The molecule has 20 heavy (non-hydrogen) atoms. The van der Waals surface area contributed by atoms with Crippen molar-refractivity contribution in [2.24, 2.45) is 0 Å². The van der Waals surface area contributed by atoms with Crippen LogP contribution >= 0.6 is 11.3 Å². The SMILES string of the molecule is CCn1c(-c2cccs2)nc2cc(CC(=O)O)ccc21. The van der Waals surface area contributed by atoms with E-state index < -0.39 is 5.97 Å². The lowest BCUT2D eigenvalue weighted by molar-refractivity contribution is -0.136. The van der Waals surface area contributed by atoms with Crippen LogP contribution in [0.3, 0.4) is 0 Å². The number of hydrogen-bond acceptors (Lipinski definition) is 3. The molecule has 0 saturated carbocycles. The monoisotopic (exact) mass is 286 g/mol. The first-order valence-electron chi connectivity index (χ1n) is 6.44. The number of imidazole rings is 1. The van der Waals surface area contributed by atoms with Gasteiger partial charge in [0.25, 0.3) is 0 Å². The Hall–Kier alpha value is -2.14. The summed E-state index contributed by atoms with van der Waals surface area (Å²) in [5.74, 6) is 0.128. The molecule has 2 heterocycles. The second kappa shape index (κ2) is 5.09. The van der Waals surface area contributed by atoms with Crippen LogP contribution in [0, 0.1) is 0 Å². The third kappa shape index (κ3) is 2.20. The van der Waals surface area contributed by atoms with Gasteiger partial charge in [-0.3, -0.25) is 4.79 Å². The zero-order valence-electron chi connectivity index (χ0n) is 11.0. The number of carbonyl (C=O) groups is 1. The Kier molecular flexibility index (Phi) is 3.28. The number of carboxylic acid groups (broad SMARTS) is 1. The van der Waals surface area contributed by atoms with Crippen molar-refractivity contribution in [3.05, 3.63) is 41.3 Å². The second-order valence-corrected chi connectivity index (χ2v) is 5.50. The maximum Gasteiger partial charge on any atom is 0.307 e. The molecule has 3 rings (SSSR count). The van der Waals surface area contributed by atoms with Crippen LogP contribution in [0.15, 0.2) is 35.7 Å². The highest BCUT2D eigenvalue weighted by molar-refractivity contribution is 7.13. The van der Waals surface area contributed by atoms with Crippen molar-refractivity contribution in [3.8, 4) is 10.7 Å². The second-order valence-electron chi connectivity index (χ2n) is 4.55. The van der Waals surface area contributed by atoms with E-state index in [1.54, 1.807) is 11.3 Å². The van der Waals surface area contributed by atoms with Gasteiger partial charge in [-0.25, -0.2) is 4.98 Å². The van der Waals surface area contributed by atoms with Crippen molar-refractivity contribution in [3.63, 3.8) is 0 Å². The molecule has 3 aromatic rings. The van der Waals surface area contributed by atoms with Crippen molar-refractivity contribution >= 4 is 28.3 Å². The molecule has 0 spiro atoms. The topological polar surface area (TPSA) is 55.1 Å². The van der Waals surface area contributed by atoms with Crippen molar-refractivity contribution in [2.75, 3.05) is 0 Å². The summed E-state index contributed by atoms with van der Waals surface area (Å²) in [7, 11) is 0. The largest absolute Gasteiger partial charge is 0.481 e. The Morgan fingerprint density at radius 1 is 1.40 bits per heavy atom. The number of thiophene rings is 1. The standard InChI is InChI=1S/C15H14N2O2S/c1-2-17-12-6-5-10(9-14(18)19)8-11(12)16-15(17)13-4-3-7-20-13/h3-8H,2,9H2,1H3,(H,18,19). The van der Waals surface area contributed by atoms with Gasteiger partial charge in [0.15, 0.2) is 5.82 Å². The molecule has 5 heteroatoms. The maximum absolute atomic E-state index is 10.8. The van der Waals surface area contributed by atoms with Gasteiger partial charge in [0.2, 0.25) is 0 Å². The molecule has 4 nitrogen and oxygen atoms in total. The van der Waals surface area contributed by atoms with E-state index in [0.29, 0.717) is 0 Å². The minimum Gasteiger partial charge on any atom is -0.481 e. The first kappa shape index (κ1) is 12.9. The number of benzene rings is 1. The molecular formula is C15H14N2O2S. The summed E-state index contributed by atoms with van der Waals surface area (Å²) in [6, 6.07) is 9.75. The summed E-state index contributed by atoms with van der Waals surface area (Å²) in [5, 5.41) is 10.9. The van der Waals surface area contributed by atoms with E-state index in [2.05, 4.69) is 22.5 Å². The van der Waals surface area contributed by atoms with Gasteiger partial charge in [-0.05, 0) is 36.1 Å².